The van der Waals surface area contributed by atoms with Gasteiger partial charge in [0.1, 0.15) is 0 Å². The summed E-state index contributed by atoms with van der Waals surface area (Å²) in [6, 6.07) is 11.0. The molecule has 0 heterocycles. The maximum absolute atomic E-state index is 13.6. The second-order valence-corrected chi connectivity index (χ2v) is 5.59. The number of halogens is 2. The minimum absolute atomic E-state index is 0.00431. The highest BCUT2D eigenvalue weighted by molar-refractivity contribution is 9.10. The fourth-order valence-electron chi connectivity index (χ4n) is 1.81. The molecule has 0 saturated heterocycles. The smallest absolute Gasteiger partial charge is 0.262 e. The molecule has 0 spiro atoms. The van der Waals surface area contributed by atoms with E-state index in [1.54, 1.807) is 30.3 Å². The average Bonchev–Trinajstić information content (AvgIpc) is 2.46. The molecular weight excluding hydrogens is 367 g/mol. The van der Waals surface area contributed by atoms with E-state index in [2.05, 4.69) is 26.6 Å². The largest absolute Gasteiger partial charge is 0.481 e. The minimum Gasteiger partial charge on any atom is -0.481 e. The molecule has 0 atom stereocenters. The van der Waals surface area contributed by atoms with Crippen LogP contribution in [0.4, 0.5) is 15.8 Å². The van der Waals surface area contributed by atoms with Gasteiger partial charge in [-0.15, -0.1) is 0 Å². The van der Waals surface area contributed by atoms with Crippen molar-refractivity contribution in [1.82, 2.24) is 0 Å². The molecule has 0 bridgehead atoms. The molecular formula is C16H14BrFN2O3. The molecule has 2 rings (SSSR count). The van der Waals surface area contributed by atoms with Gasteiger partial charge < -0.3 is 15.4 Å². The average molecular weight is 381 g/mol. The zero-order valence-corrected chi connectivity index (χ0v) is 13.8. The summed E-state index contributed by atoms with van der Waals surface area (Å²) in [5, 5.41) is 5.22. The molecule has 0 fully saturated rings. The van der Waals surface area contributed by atoms with Gasteiger partial charge in [0.05, 0.1) is 0 Å². The van der Waals surface area contributed by atoms with Crippen molar-refractivity contribution in [2.75, 3.05) is 17.2 Å². The number of amides is 2. The lowest BCUT2D eigenvalue weighted by Crippen LogP contribution is -2.20. The molecule has 5 nitrogen and oxygen atoms in total. The summed E-state index contributed by atoms with van der Waals surface area (Å²) in [4.78, 5) is 22.8. The Kier molecular flexibility index (Phi) is 5.70. The SMILES string of the molecule is CC(=O)Nc1cccc(NC(=O)COc2ccc(Br)cc2F)c1. The van der Waals surface area contributed by atoms with E-state index in [0.29, 0.717) is 15.8 Å². The highest BCUT2D eigenvalue weighted by atomic mass is 79.9. The van der Waals surface area contributed by atoms with Crippen molar-refractivity contribution in [1.29, 1.82) is 0 Å². The van der Waals surface area contributed by atoms with Gasteiger partial charge >= 0.3 is 0 Å². The van der Waals surface area contributed by atoms with E-state index in [1.807, 2.05) is 0 Å². The standard InChI is InChI=1S/C16H14BrFN2O3/c1-10(21)19-12-3-2-4-13(8-12)20-16(22)9-23-15-6-5-11(17)7-14(15)18/h2-8H,9H2,1H3,(H,19,21)(H,20,22). The van der Waals surface area contributed by atoms with Crippen LogP contribution in [0.15, 0.2) is 46.9 Å². The predicted octanol–water partition coefficient (Wildman–Crippen LogP) is 3.56. The Morgan fingerprint density at radius 1 is 1.13 bits per heavy atom. The van der Waals surface area contributed by atoms with Gasteiger partial charge in [-0.25, -0.2) is 4.39 Å². The predicted molar refractivity (Wildman–Crippen MR) is 89.0 cm³/mol. The van der Waals surface area contributed by atoms with Crippen LogP contribution in [0.3, 0.4) is 0 Å². The van der Waals surface area contributed by atoms with Crippen molar-refractivity contribution in [2.24, 2.45) is 0 Å². The summed E-state index contributed by atoms with van der Waals surface area (Å²) in [7, 11) is 0. The van der Waals surface area contributed by atoms with E-state index in [0.717, 1.165) is 0 Å². The molecule has 2 amide bonds. The van der Waals surface area contributed by atoms with Gasteiger partial charge in [-0.1, -0.05) is 22.0 Å². The van der Waals surface area contributed by atoms with Gasteiger partial charge in [-0.05, 0) is 36.4 Å². The fraction of sp³-hybridized carbons (Fsp3) is 0.125. The molecule has 0 saturated carbocycles. The molecule has 0 aromatic heterocycles. The first kappa shape index (κ1) is 17.0. The highest BCUT2D eigenvalue weighted by Crippen LogP contribution is 2.21. The second kappa shape index (κ2) is 7.73. The van der Waals surface area contributed by atoms with Crippen LogP contribution in [0, 0.1) is 5.82 Å². The van der Waals surface area contributed by atoms with Gasteiger partial charge in [0, 0.05) is 22.8 Å². The van der Waals surface area contributed by atoms with Crippen LogP contribution >= 0.6 is 15.9 Å². The molecule has 7 heteroatoms. The van der Waals surface area contributed by atoms with Crippen LogP contribution in [0.25, 0.3) is 0 Å². The van der Waals surface area contributed by atoms with Gasteiger partial charge in [-0.3, -0.25) is 9.59 Å². The summed E-state index contributed by atoms with van der Waals surface area (Å²) in [5.41, 5.74) is 1.07. The van der Waals surface area contributed by atoms with Crippen LogP contribution in [-0.4, -0.2) is 18.4 Å². The molecule has 0 aliphatic heterocycles. The Morgan fingerprint density at radius 3 is 2.48 bits per heavy atom. The van der Waals surface area contributed by atoms with Crippen LogP contribution < -0.4 is 15.4 Å². The van der Waals surface area contributed by atoms with Gasteiger partial charge in [-0.2, -0.15) is 0 Å². The third-order valence-corrected chi connectivity index (χ3v) is 3.21. The van der Waals surface area contributed by atoms with E-state index < -0.39 is 11.7 Å². The topological polar surface area (TPSA) is 67.4 Å². The van der Waals surface area contributed by atoms with E-state index in [9.17, 15) is 14.0 Å². The number of nitrogens with one attached hydrogen (secondary N) is 2. The molecule has 0 aliphatic carbocycles. The van der Waals surface area contributed by atoms with Crippen molar-refractivity contribution in [2.45, 2.75) is 6.92 Å². The zero-order chi connectivity index (χ0) is 16.8. The molecule has 2 aromatic rings. The number of anilines is 2. The van der Waals surface area contributed by atoms with Crippen LogP contribution in [0.1, 0.15) is 6.92 Å². The van der Waals surface area contributed by atoms with Crippen molar-refractivity contribution in [3.63, 3.8) is 0 Å². The molecule has 23 heavy (non-hydrogen) atoms. The normalized spacial score (nSPS) is 10.0. The Bertz CT molecular complexity index is 737. The first-order valence-corrected chi connectivity index (χ1v) is 7.48. The van der Waals surface area contributed by atoms with Gasteiger partial charge in [0.15, 0.2) is 18.2 Å². The first-order valence-electron chi connectivity index (χ1n) is 6.69. The van der Waals surface area contributed by atoms with Crippen molar-refractivity contribution in [3.05, 3.63) is 52.8 Å². The maximum Gasteiger partial charge on any atom is 0.262 e. The van der Waals surface area contributed by atoms with E-state index in [-0.39, 0.29) is 18.3 Å². The molecule has 2 N–H and O–H groups in total. The van der Waals surface area contributed by atoms with Crippen molar-refractivity contribution < 1.29 is 18.7 Å². The lowest BCUT2D eigenvalue weighted by Gasteiger charge is -2.09. The van der Waals surface area contributed by atoms with Crippen molar-refractivity contribution in [3.8, 4) is 5.75 Å². The Balaban J connectivity index is 1.93. The van der Waals surface area contributed by atoms with Gasteiger partial charge in [0.2, 0.25) is 5.91 Å². The molecule has 2 aromatic carbocycles. The summed E-state index contributed by atoms with van der Waals surface area (Å²) in [6.07, 6.45) is 0. The van der Waals surface area contributed by atoms with Crippen LogP contribution in [-0.2, 0) is 9.59 Å². The monoisotopic (exact) mass is 380 g/mol. The van der Waals surface area contributed by atoms with E-state index in [4.69, 9.17) is 4.74 Å². The second-order valence-electron chi connectivity index (χ2n) is 4.67. The third kappa shape index (κ3) is 5.37. The molecule has 0 unspecified atom stereocenters. The van der Waals surface area contributed by atoms with Crippen LogP contribution in [0.5, 0.6) is 5.75 Å². The van der Waals surface area contributed by atoms with E-state index >= 15 is 0 Å². The fourth-order valence-corrected chi connectivity index (χ4v) is 2.14. The summed E-state index contributed by atoms with van der Waals surface area (Å²) < 4.78 is 19.3. The first-order chi connectivity index (χ1) is 10.9. The number of ether oxygens (including phenoxy) is 1. The third-order valence-electron chi connectivity index (χ3n) is 2.72. The summed E-state index contributed by atoms with van der Waals surface area (Å²) in [6.45, 7) is 1.06. The number of hydrogen-bond acceptors (Lipinski definition) is 3. The van der Waals surface area contributed by atoms with Gasteiger partial charge in [0.25, 0.3) is 5.91 Å². The van der Waals surface area contributed by atoms with Crippen LogP contribution in [0.2, 0.25) is 0 Å². The molecule has 0 aliphatic rings. The Hall–Kier alpha value is -2.41. The number of rotatable bonds is 5. The van der Waals surface area contributed by atoms with Crippen molar-refractivity contribution >= 4 is 39.1 Å². The quantitative estimate of drug-likeness (QED) is 0.832. The molecule has 120 valence electrons. The zero-order valence-electron chi connectivity index (χ0n) is 12.2. The lowest BCUT2D eigenvalue weighted by molar-refractivity contribution is -0.118. The lowest BCUT2D eigenvalue weighted by atomic mass is 10.2. The summed E-state index contributed by atoms with van der Waals surface area (Å²) >= 11 is 3.14. The van der Waals surface area contributed by atoms with E-state index in [1.165, 1.54) is 19.1 Å². The number of carbonyl (C=O) groups is 2. The molecule has 0 radical (unpaired) electrons. The summed E-state index contributed by atoms with van der Waals surface area (Å²) in [5.74, 6) is -1.20. The Labute approximate surface area is 141 Å². The minimum atomic E-state index is -0.556. The number of carbonyl (C=O) groups excluding carboxylic acids is 2. The Morgan fingerprint density at radius 2 is 1.83 bits per heavy atom. The maximum atomic E-state index is 13.6. The highest BCUT2D eigenvalue weighted by Gasteiger charge is 2.08. The number of hydrogen-bond donors (Lipinski definition) is 2. The number of benzene rings is 2.